The van der Waals surface area contributed by atoms with Gasteiger partial charge in [0.2, 0.25) is 0 Å². The maximum Gasteiger partial charge on any atom is 0.264 e. The zero-order valence-corrected chi connectivity index (χ0v) is 22.6. The Morgan fingerprint density at radius 1 is 0.921 bits per heavy atom. The molecule has 3 heterocycles. The number of hydrogen-bond acceptors (Lipinski definition) is 6. The van der Waals surface area contributed by atoms with Crippen LogP contribution in [0.3, 0.4) is 0 Å². The van der Waals surface area contributed by atoms with Gasteiger partial charge in [0.05, 0.1) is 25.1 Å². The lowest BCUT2D eigenvalue weighted by Crippen LogP contribution is -2.40. The van der Waals surface area contributed by atoms with Crippen LogP contribution in [-0.4, -0.2) is 44.8 Å². The van der Waals surface area contributed by atoms with Crippen LogP contribution in [0.1, 0.15) is 32.4 Å². The molecule has 4 aromatic rings. The number of amides is 1. The molecule has 8 heteroatoms. The molecule has 1 unspecified atom stereocenters. The van der Waals surface area contributed by atoms with E-state index in [1.807, 2.05) is 71.6 Å². The predicted molar refractivity (Wildman–Crippen MR) is 148 cm³/mol. The maximum absolute atomic E-state index is 14.1. The van der Waals surface area contributed by atoms with Crippen LogP contribution in [0.25, 0.3) is 10.4 Å². The van der Waals surface area contributed by atoms with Gasteiger partial charge in [0, 0.05) is 16.4 Å². The molecule has 1 atom stereocenters. The summed E-state index contributed by atoms with van der Waals surface area (Å²) in [7, 11) is 3.25. The number of benzene rings is 3. The van der Waals surface area contributed by atoms with E-state index in [9.17, 15) is 4.79 Å². The van der Waals surface area contributed by atoms with Crippen molar-refractivity contribution in [3.63, 3.8) is 0 Å². The number of halogens is 1. The summed E-state index contributed by atoms with van der Waals surface area (Å²) in [5, 5.41) is 0.612. The van der Waals surface area contributed by atoms with Gasteiger partial charge < -0.3 is 23.8 Å². The number of carbonyl (C=O) groups excluding carboxylic acids is 1. The molecule has 38 heavy (non-hydrogen) atoms. The van der Waals surface area contributed by atoms with Crippen molar-refractivity contribution in [3.8, 4) is 33.4 Å². The van der Waals surface area contributed by atoms with Crippen molar-refractivity contribution in [2.24, 2.45) is 0 Å². The highest BCUT2D eigenvalue weighted by Gasteiger charge is 2.35. The van der Waals surface area contributed by atoms with E-state index >= 15 is 0 Å². The van der Waals surface area contributed by atoms with Crippen molar-refractivity contribution >= 4 is 28.8 Å². The number of hydrogen-bond donors (Lipinski definition) is 0. The lowest BCUT2D eigenvalue weighted by atomic mass is 9.87. The Hall–Kier alpha value is -3.68. The highest BCUT2D eigenvalue weighted by atomic mass is 35.5. The highest BCUT2D eigenvalue weighted by Crippen LogP contribution is 2.44. The van der Waals surface area contributed by atoms with Crippen molar-refractivity contribution in [2.75, 3.05) is 34.0 Å². The molecule has 2 aliphatic rings. The molecule has 0 radical (unpaired) electrons. The summed E-state index contributed by atoms with van der Waals surface area (Å²) in [5.41, 5.74) is 3.96. The summed E-state index contributed by atoms with van der Waals surface area (Å²) in [6.45, 7) is 1.63. The number of ether oxygens (including phenoxy) is 4. The fraction of sp³-hybridized carbons (Fsp3) is 0.233. The van der Waals surface area contributed by atoms with Crippen molar-refractivity contribution in [2.45, 2.75) is 12.5 Å². The summed E-state index contributed by atoms with van der Waals surface area (Å²) < 4.78 is 22.6. The maximum atomic E-state index is 14.1. The van der Waals surface area contributed by atoms with Gasteiger partial charge in [-0.05, 0) is 77.2 Å². The van der Waals surface area contributed by atoms with Gasteiger partial charge in [-0.25, -0.2) is 0 Å². The molecule has 1 aromatic heterocycles. The molecular formula is C30H26ClNO5S. The summed E-state index contributed by atoms with van der Waals surface area (Å²) in [5.74, 6) is 2.73. The average molecular weight is 548 g/mol. The van der Waals surface area contributed by atoms with E-state index < -0.39 is 0 Å². The zero-order valence-electron chi connectivity index (χ0n) is 21.0. The van der Waals surface area contributed by atoms with Crippen LogP contribution >= 0.6 is 22.9 Å². The van der Waals surface area contributed by atoms with Gasteiger partial charge in [-0.1, -0.05) is 29.8 Å². The Balaban J connectivity index is 1.38. The van der Waals surface area contributed by atoms with Crippen LogP contribution in [0.15, 0.2) is 66.7 Å². The van der Waals surface area contributed by atoms with Crippen LogP contribution in [0.2, 0.25) is 5.02 Å². The van der Waals surface area contributed by atoms with Crippen LogP contribution in [0.5, 0.6) is 23.0 Å². The Kier molecular flexibility index (Phi) is 6.64. The van der Waals surface area contributed by atoms with Crippen molar-refractivity contribution in [1.29, 1.82) is 0 Å². The minimum atomic E-state index is -0.361. The normalized spacial score (nSPS) is 16.1. The Labute approximate surface area is 230 Å². The van der Waals surface area contributed by atoms with Gasteiger partial charge in [0.1, 0.15) is 13.2 Å². The SMILES string of the molecule is COc1cc2c(cc1OC)C(c1ccccc1Cl)N(C(=O)c1ccc(-c3ccc4c(c3)OCCO4)s1)CC2. The second-order valence-corrected chi connectivity index (χ2v) is 10.6. The van der Waals surface area contributed by atoms with Gasteiger partial charge in [-0.2, -0.15) is 0 Å². The molecule has 194 valence electrons. The molecule has 0 spiro atoms. The number of rotatable bonds is 5. The average Bonchev–Trinajstić information content (AvgIpc) is 3.46. The Bertz CT molecular complexity index is 1520. The van der Waals surface area contributed by atoms with E-state index in [0.717, 1.165) is 38.6 Å². The fourth-order valence-corrected chi connectivity index (χ4v) is 6.34. The third-order valence-electron chi connectivity index (χ3n) is 6.98. The summed E-state index contributed by atoms with van der Waals surface area (Å²) in [6, 6.07) is 21.1. The Morgan fingerprint density at radius 2 is 1.68 bits per heavy atom. The van der Waals surface area contributed by atoms with Gasteiger partial charge in [-0.15, -0.1) is 11.3 Å². The van der Waals surface area contributed by atoms with Crippen LogP contribution in [0, 0.1) is 0 Å². The summed E-state index contributed by atoms with van der Waals surface area (Å²) >= 11 is 8.17. The molecule has 6 rings (SSSR count). The molecule has 0 fully saturated rings. The molecule has 1 amide bonds. The molecule has 0 bridgehead atoms. The largest absolute Gasteiger partial charge is 0.493 e. The third-order valence-corrected chi connectivity index (χ3v) is 8.44. The summed E-state index contributed by atoms with van der Waals surface area (Å²) in [4.78, 5) is 17.6. The van der Waals surface area contributed by atoms with E-state index in [1.165, 1.54) is 11.3 Å². The highest BCUT2D eigenvalue weighted by molar-refractivity contribution is 7.17. The minimum Gasteiger partial charge on any atom is -0.493 e. The fourth-order valence-electron chi connectivity index (χ4n) is 5.14. The van der Waals surface area contributed by atoms with Crippen molar-refractivity contribution in [1.82, 2.24) is 4.90 Å². The number of fused-ring (bicyclic) bond motifs is 2. The van der Waals surface area contributed by atoms with Gasteiger partial charge in [0.25, 0.3) is 5.91 Å². The molecule has 6 nitrogen and oxygen atoms in total. The predicted octanol–water partition coefficient (Wildman–Crippen LogP) is 6.64. The smallest absolute Gasteiger partial charge is 0.264 e. The molecule has 0 N–H and O–H groups in total. The lowest BCUT2D eigenvalue weighted by molar-refractivity contribution is 0.0699. The monoisotopic (exact) mass is 547 g/mol. The summed E-state index contributed by atoms with van der Waals surface area (Å²) in [6.07, 6.45) is 0.697. The Morgan fingerprint density at radius 3 is 2.47 bits per heavy atom. The lowest BCUT2D eigenvalue weighted by Gasteiger charge is -2.38. The number of thiophene rings is 1. The number of carbonyl (C=O) groups is 1. The van der Waals surface area contributed by atoms with Gasteiger partial charge >= 0.3 is 0 Å². The molecule has 0 saturated heterocycles. The first-order valence-corrected chi connectivity index (χ1v) is 13.6. The molecule has 3 aromatic carbocycles. The first-order chi connectivity index (χ1) is 18.6. The van der Waals surface area contributed by atoms with Gasteiger partial charge in [-0.3, -0.25) is 4.79 Å². The second kappa shape index (κ2) is 10.2. The minimum absolute atomic E-state index is 0.0378. The molecule has 0 saturated carbocycles. The van der Waals surface area contributed by atoms with Crippen molar-refractivity contribution in [3.05, 3.63) is 93.3 Å². The van der Waals surface area contributed by atoms with Crippen LogP contribution in [0.4, 0.5) is 0 Å². The van der Waals surface area contributed by atoms with E-state index in [-0.39, 0.29) is 11.9 Å². The first-order valence-electron chi connectivity index (χ1n) is 12.4. The quantitative estimate of drug-likeness (QED) is 0.280. The topological polar surface area (TPSA) is 57.2 Å². The number of methoxy groups -OCH3 is 2. The van der Waals surface area contributed by atoms with E-state index in [1.54, 1.807) is 14.2 Å². The molecule has 0 aliphatic carbocycles. The second-order valence-electron chi connectivity index (χ2n) is 9.10. The third kappa shape index (κ3) is 4.36. The standard InChI is InChI=1S/C30H26ClNO5S/c1-34-24-15-18-11-12-32(29(21(18)17-25(24)35-2)20-5-3-4-6-22(20)31)30(33)28-10-9-27(38-28)19-7-8-23-26(16-19)37-14-13-36-23/h3-10,15-17,29H,11-14H2,1-2H3. The van der Waals surface area contributed by atoms with Crippen molar-refractivity contribution < 1.29 is 23.7 Å². The van der Waals surface area contributed by atoms with Crippen LogP contribution in [-0.2, 0) is 6.42 Å². The van der Waals surface area contributed by atoms with E-state index in [4.69, 9.17) is 30.5 Å². The number of nitrogens with zero attached hydrogens (tertiary/aromatic N) is 1. The molecule has 2 aliphatic heterocycles. The first kappa shape index (κ1) is 24.6. The van der Waals surface area contributed by atoms with E-state index in [2.05, 4.69) is 0 Å². The van der Waals surface area contributed by atoms with Crippen LogP contribution < -0.4 is 18.9 Å². The van der Waals surface area contributed by atoms with E-state index in [0.29, 0.717) is 47.6 Å². The molecular weight excluding hydrogens is 522 g/mol. The zero-order chi connectivity index (χ0) is 26.2. The van der Waals surface area contributed by atoms with Gasteiger partial charge in [0.15, 0.2) is 23.0 Å².